The van der Waals surface area contributed by atoms with Crippen LogP contribution in [0.1, 0.15) is 34.2 Å². The van der Waals surface area contributed by atoms with Crippen LogP contribution in [-0.4, -0.2) is 16.2 Å². The zero-order valence-electron chi connectivity index (χ0n) is 19.0. The molecule has 0 saturated heterocycles. The van der Waals surface area contributed by atoms with E-state index in [0.717, 1.165) is 38.9 Å². The number of carbonyl (C=O) groups excluding carboxylic acids is 1. The number of hydrazone groups is 1. The summed E-state index contributed by atoms with van der Waals surface area (Å²) in [7, 11) is 0. The Kier molecular flexibility index (Phi) is 5.71. The molecule has 3 aromatic carbocycles. The van der Waals surface area contributed by atoms with Crippen LogP contribution in [0.3, 0.4) is 0 Å². The van der Waals surface area contributed by atoms with Crippen molar-refractivity contribution in [1.29, 1.82) is 0 Å². The number of nitrogens with one attached hydrogen (secondary N) is 2. The van der Waals surface area contributed by atoms with Gasteiger partial charge in [0.25, 0.3) is 5.91 Å². The number of rotatable bonds is 4. The minimum Gasteiger partial charge on any atom is -0.354 e. The maximum Gasteiger partial charge on any atom is 0.273 e. The molecule has 7 heteroatoms. The first-order valence-corrected chi connectivity index (χ1v) is 11.7. The van der Waals surface area contributed by atoms with Crippen LogP contribution in [0.5, 0.6) is 0 Å². The average molecular weight is 471 g/mol. The SMILES string of the molecule is C/C(=N/NC(=O)c1cc(C)n(-c2ccc(F)cc2)c1C)c1ccc2c(c1)Nc1ccccc1S2. The topological polar surface area (TPSA) is 58.4 Å². The molecule has 1 aromatic heterocycles. The van der Waals surface area contributed by atoms with Crippen LogP contribution < -0.4 is 10.7 Å². The Morgan fingerprint density at radius 2 is 1.71 bits per heavy atom. The van der Waals surface area contributed by atoms with E-state index in [1.807, 2.05) is 55.7 Å². The first kappa shape index (κ1) is 22.0. The zero-order chi connectivity index (χ0) is 23.8. The molecule has 1 aliphatic heterocycles. The van der Waals surface area contributed by atoms with Gasteiger partial charge in [0.1, 0.15) is 5.82 Å². The van der Waals surface area contributed by atoms with E-state index in [-0.39, 0.29) is 11.7 Å². The predicted octanol–water partition coefficient (Wildman–Crippen LogP) is 6.60. The number of nitrogens with zero attached hydrogens (tertiary/aromatic N) is 2. The van der Waals surface area contributed by atoms with Gasteiger partial charge in [0.05, 0.1) is 22.6 Å². The number of hydrogen-bond acceptors (Lipinski definition) is 4. The molecule has 4 aromatic rings. The van der Waals surface area contributed by atoms with Gasteiger partial charge in [0.15, 0.2) is 0 Å². The van der Waals surface area contributed by atoms with Gasteiger partial charge in [-0.2, -0.15) is 5.10 Å². The van der Waals surface area contributed by atoms with Gasteiger partial charge in [-0.3, -0.25) is 4.79 Å². The second-order valence-corrected chi connectivity index (χ2v) is 9.25. The number of aromatic nitrogens is 1. The number of benzene rings is 3. The van der Waals surface area contributed by atoms with Crippen molar-refractivity contribution >= 4 is 34.8 Å². The number of anilines is 2. The van der Waals surface area contributed by atoms with Gasteiger partial charge >= 0.3 is 0 Å². The third-order valence-corrected chi connectivity index (χ3v) is 7.01. The summed E-state index contributed by atoms with van der Waals surface area (Å²) in [5.41, 5.74) is 9.38. The molecule has 34 heavy (non-hydrogen) atoms. The molecule has 0 fully saturated rings. The molecule has 0 aliphatic carbocycles. The van der Waals surface area contributed by atoms with E-state index in [2.05, 4.69) is 34.0 Å². The van der Waals surface area contributed by atoms with Crippen LogP contribution in [0.15, 0.2) is 87.7 Å². The van der Waals surface area contributed by atoms with Gasteiger partial charge in [0, 0.05) is 26.9 Å². The molecule has 170 valence electrons. The molecular weight excluding hydrogens is 447 g/mol. The van der Waals surface area contributed by atoms with Gasteiger partial charge in [-0.05, 0) is 80.9 Å². The number of aryl methyl sites for hydroxylation is 1. The van der Waals surface area contributed by atoms with E-state index >= 15 is 0 Å². The average Bonchev–Trinajstić information content (AvgIpc) is 3.15. The lowest BCUT2D eigenvalue weighted by molar-refractivity contribution is 0.0954. The summed E-state index contributed by atoms with van der Waals surface area (Å²) in [4.78, 5) is 15.3. The zero-order valence-corrected chi connectivity index (χ0v) is 19.8. The maximum atomic E-state index is 13.3. The van der Waals surface area contributed by atoms with Gasteiger partial charge in [-0.25, -0.2) is 9.82 Å². The van der Waals surface area contributed by atoms with Crippen molar-refractivity contribution in [3.05, 3.63) is 101 Å². The normalized spacial score (nSPS) is 12.5. The van der Waals surface area contributed by atoms with Gasteiger partial charge in [-0.15, -0.1) is 0 Å². The number of fused-ring (bicyclic) bond motifs is 2. The van der Waals surface area contributed by atoms with Crippen molar-refractivity contribution in [2.24, 2.45) is 5.10 Å². The van der Waals surface area contributed by atoms with Crippen LogP contribution in [0.2, 0.25) is 0 Å². The lowest BCUT2D eigenvalue weighted by atomic mass is 10.1. The van der Waals surface area contributed by atoms with E-state index in [1.54, 1.807) is 23.9 Å². The van der Waals surface area contributed by atoms with E-state index in [4.69, 9.17) is 0 Å². The molecule has 5 nitrogen and oxygen atoms in total. The first-order valence-electron chi connectivity index (χ1n) is 10.9. The molecule has 0 spiro atoms. The Bertz CT molecular complexity index is 1440. The fourth-order valence-electron chi connectivity index (χ4n) is 4.10. The highest BCUT2D eigenvalue weighted by atomic mass is 32.2. The molecule has 0 radical (unpaired) electrons. The third kappa shape index (κ3) is 4.10. The van der Waals surface area contributed by atoms with Crippen LogP contribution >= 0.6 is 11.8 Å². The molecule has 1 amide bonds. The standard InChI is InChI=1S/C27H23FN4OS/c1-16-14-22(18(3)32(16)21-11-9-20(28)10-12-21)27(33)31-30-17(2)19-8-13-26-24(15-19)29-23-6-4-5-7-25(23)34-26/h4-15,29H,1-3H3,(H,31,33)/b30-17-. The van der Waals surface area contributed by atoms with Crippen LogP contribution in [-0.2, 0) is 0 Å². The third-order valence-electron chi connectivity index (χ3n) is 5.86. The number of halogens is 1. The van der Waals surface area contributed by atoms with Gasteiger partial charge in [-0.1, -0.05) is 30.0 Å². The van der Waals surface area contributed by atoms with E-state index in [0.29, 0.717) is 11.3 Å². The van der Waals surface area contributed by atoms with Crippen molar-refractivity contribution in [1.82, 2.24) is 9.99 Å². The highest BCUT2D eigenvalue weighted by Crippen LogP contribution is 2.44. The second kappa shape index (κ2) is 8.83. The van der Waals surface area contributed by atoms with Gasteiger partial charge in [0.2, 0.25) is 0 Å². The Morgan fingerprint density at radius 1 is 0.971 bits per heavy atom. The Hall–Kier alpha value is -3.84. The molecule has 2 heterocycles. The smallest absolute Gasteiger partial charge is 0.273 e. The molecule has 0 unspecified atom stereocenters. The largest absolute Gasteiger partial charge is 0.354 e. The van der Waals surface area contributed by atoms with E-state index < -0.39 is 0 Å². The Balaban J connectivity index is 1.35. The van der Waals surface area contributed by atoms with Crippen molar-refractivity contribution in [3.8, 4) is 5.69 Å². The lowest BCUT2D eigenvalue weighted by Gasteiger charge is -2.21. The van der Waals surface area contributed by atoms with E-state index in [9.17, 15) is 9.18 Å². The highest BCUT2D eigenvalue weighted by Gasteiger charge is 2.18. The molecule has 0 bridgehead atoms. The van der Waals surface area contributed by atoms with Crippen molar-refractivity contribution in [3.63, 3.8) is 0 Å². The summed E-state index contributed by atoms with van der Waals surface area (Å²) in [6, 6.07) is 22.3. The minimum atomic E-state index is -0.297. The van der Waals surface area contributed by atoms with Crippen LogP contribution in [0, 0.1) is 19.7 Å². The van der Waals surface area contributed by atoms with Crippen molar-refractivity contribution in [2.75, 3.05) is 5.32 Å². The predicted molar refractivity (Wildman–Crippen MR) is 135 cm³/mol. The summed E-state index contributed by atoms with van der Waals surface area (Å²) in [5, 5.41) is 7.82. The number of carbonyl (C=O) groups is 1. The van der Waals surface area contributed by atoms with Crippen LogP contribution in [0.4, 0.5) is 15.8 Å². The summed E-state index contributed by atoms with van der Waals surface area (Å²) < 4.78 is 15.2. The molecule has 2 N–H and O–H groups in total. The van der Waals surface area contributed by atoms with Crippen molar-refractivity contribution in [2.45, 2.75) is 30.6 Å². The molecular formula is C27H23FN4OS. The Labute approximate surface area is 201 Å². The van der Waals surface area contributed by atoms with E-state index in [1.165, 1.54) is 17.0 Å². The summed E-state index contributed by atoms with van der Waals surface area (Å²) in [6.45, 7) is 5.65. The first-order chi connectivity index (χ1) is 16.4. The van der Waals surface area contributed by atoms with Crippen LogP contribution in [0.25, 0.3) is 5.69 Å². The monoisotopic (exact) mass is 470 g/mol. The molecule has 1 aliphatic rings. The summed E-state index contributed by atoms with van der Waals surface area (Å²) in [5.74, 6) is -0.587. The maximum absolute atomic E-state index is 13.3. The minimum absolute atomic E-state index is 0.290. The fraction of sp³-hybridized carbons (Fsp3) is 0.111. The van der Waals surface area contributed by atoms with Gasteiger partial charge < -0.3 is 9.88 Å². The molecule has 5 rings (SSSR count). The second-order valence-electron chi connectivity index (χ2n) is 8.17. The van der Waals surface area contributed by atoms with Crippen molar-refractivity contribution < 1.29 is 9.18 Å². The number of amides is 1. The Morgan fingerprint density at radius 3 is 2.50 bits per heavy atom. The molecule has 0 atom stereocenters. The lowest BCUT2D eigenvalue weighted by Crippen LogP contribution is -2.20. The summed E-state index contributed by atoms with van der Waals surface area (Å²) >= 11 is 1.73. The summed E-state index contributed by atoms with van der Waals surface area (Å²) in [6.07, 6.45) is 0. The highest BCUT2D eigenvalue weighted by molar-refractivity contribution is 7.99. The quantitative estimate of drug-likeness (QED) is 0.230. The number of hydrogen-bond donors (Lipinski definition) is 2. The molecule has 0 saturated carbocycles. The number of para-hydroxylation sites is 1. The fourth-order valence-corrected chi connectivity index (χ4v) is 5.07.